The molecule has 0 aromatic carbocycles. The monoisotopic (exact) mass is 379 g/mol. The van der Waals surface area contributed by atoms with E-state index in [1.807, 2.05) is 13.8 Å². The Hall–Kier alpha value is -3.28. The molecule has 1 N–H and O–H groups in total. The van der Waals surface area contributed by atoms with Crippen LogP contribution in [0.1, 0.15) is 54.9 Å². The average molecular weight is 379 g/mol. The molecule has 0 saturated carbocycles. The summed E-state index contributed by atoms with van der Waals surface area (Å²) in [6, 6.07) is 5.57. The van der Waals surface area contributed by atoms with Crippen LogP contribution < -0.4 is 5.43 Å². The van der Waals surface area contributed by atoms with E-state index in [0.29, 0.717) is 33.8 Å². The molecule has 2 rings (SSSR count). The highest BCUT2D eigenvalue weighted by atomic mass is 32.1. The van der Waals surface area contributed by atoms with E-state index in [4.69, 9.17) is 10.5 Å². The number of nitrogens with zero attached hydrogens (tertiary/aromatic N) is 4. The third-order valence-corrected chi connectivity index (χ3v) is 5.40. The molecule has 1 aliphatic rings. The fourth-order valence-corrected chi connectivity index (χ4v) is 4.01. The summed E-state index contributed by atoms with van der Waals surface area (Å²) in [7, 11) is 0. The summed E-state index contributed by atoms with van der Waals surface area (Å²) in [4.78, 5) is 24.8. The number of hydrogen-bond donors (Lipinski definition) is 1. The summed E-state index contributed by atoms with van der Waals surface area (Å²) in [5.74, 6) is -0.445. The van der Waals surface area contributed by atoms with Crippen LogP contribution >= 0.6 is 11.3 Å². The molecule has 0 radical (unpaired) electrons. The first-order valence-corrected chi connectivity index (χ1v) is 8.92. The second-order valence-corrected chi connectivity index (χ2v) is 8.04. The summed E-state index contributed by atoms with van der Waals surface area (Å²) < 4.78 is 0. The topological polar surface area (TPSA) is 130 Å². The van der Waals surface area contributed by atoms with Crippen molar-refractivity contribution in [2.45, 2.75) is 40.5 Å². The smallest absolute Gasteiger partial charge is 0.180 e. The lowest BCUT2D eigenvalue weighted by atomic mass is 9.75. The highest BCUT2D eigenvalue weighted by molar-refractivity contribution is 7.18. The Morgan fingerprint density at radius 1 is 1.19 bits per heavy atom. The normalized spacial score (nSPS) is 15.0. The number of hydrazone groups is 1. The van der Waals surface area contributed by atoms with Gasteiger partial charge in [-0.2, -0.15) is 20.9 Å². The number of Topliss-reactive ketones (excluding diaryl/α,β-unsaturated/α-hetero) is 2. The summed E-state index contributed by atoms with van der Waals surface area (Å²) in [6.07, 6.45) is 1.01. The number of hydrogen-bond acceptors (Lipinski definition) is 8. The maximum atomic E-state index is 12.4. The lowest BCUT2D eigenvalue weighted by Gasteiger charge is -2.28. The molecule has 27 heavy (non-hydrogen) atoms. The van der Waals surface area contributed by atoms with Crippen molar-refractivity contribution >= 4 is 33.6 Å². The van der Waals surface area contributed by atoms with E-state index in [9.17, 15) is 14.9 Å². The first-order chi connectivity index (χ1) is 12.6. The van der Waals surface area contributed by atoms with Gasteiger partial charge >= 0.3 is 0 Å². The van der Waals surface area contributed by atoms with Crippen molar-refractivity contribution in [3.63, 3.8) is 0 Å². The van der Waals surface area contributed by atoms with E-state index < -0.39 is 5.78 Å². The summed E-state index contributed by atoms with van der Waals surface area (Å²) in [6.45, 7) is 6.68. The minimum absolute atomic E-state index is 0.0149. The third-order valence-electron chi connectivity index (χ3n) is 4.22. The minimum Gasteiger partial charge on any atom is -0.293 e. The number of thiophene rings is 1. The molecule has 1 aliphatic carbocycles. The molecule has 1 aromatic rings. The zero-order valence-electron chi connectivity index (χ0n) is 15.4. The number of carbonyl (C=O) groups excluding carboxylic acids is 2. The van der Waals surface area contributed by atoms with Crippen LogP contribution in [-0.2, 0) is 11.2 Å². The standard InChI is InChI=1S/C19H17N5O2S/c1-10(12(7-20)8-21)16(11(2)25)23-24-18-14(9-22)13-5-19(3,4)6-15(26)17(13)27-18/h24H,5-6H2,1-4H3/b23-16+. The number of anilines is 1. The Bertz CT molecular complexity index is 1010. The van der Waals surface area contributed by atoms with Crippen LogP contribution in [0.2, 0.25) is 0 Å². The molecule has 0 spiro atoms. The zero-order valence-corrected chi connectivity index (χ0v) is 16.2. The molecule has 0 atom stereocenters. The molecule has 1 aromatic heterocycles. The second kappa shape index (κ2) is 7.53. The summed E-state index contributed by atoms with van der Waals surface area (Å²) in [5, 5.41) is 31.9. The maximum absolute atomic E-state index is 12.4. The van der Waals surface area contributed by atoms with E-state index >= 15 is 0 Å². The Kier molecular flexibility index (Phi) is 5.59. The van der Waals surface area contributed by atoms with Crippen LogP contribution in [0.25, 0.3) is 0 Å². The van der Waals surface area contributed by atoms with Gasteiger partial charge < -0.3 is 0 Å². The van der Waals surface area contributed by atoms with E-state index in [-0.39, 0.29) is 28.1 Å². The molecule has 0 bridgehead atoms. The van der Waals surface area contributed by atoms with Crippen LogP contribution in [0.4, 0.5) is 5.00 Å². The van der Waals surface area contributed by atoms with Gasteiger partial charge in [0.25, 0.3) is 0 Å². The van der Waals surface area contributed by atoms with E-state index in [1.54, 1.807) is 12.1 Å². The Balaban J connectivity index is 2.51. The van der Waals surface area contributed by atoms with Crippen LogP contribution in [0, 0.1) is 39.4 Å². The molecule has 0 aliphatic heterocycles. The molecule has 8 heteroatoms. The van der Waals surface area contributed by atoms with Crippen LogP contribution in [0.15, 0.2) is 16.2 Å². The van der Waals surface area contributed by atoms with Crippen LogP contribution in [0.5, 0.6) is 0 Å². The van der Waals surface area contributed by atoms with Gasteiger partial charge in [-0.1, -0.05) is 13.8 Å². The quantitative estimate of drug-likeness (QED) is 0.484. The van der Waals surface area contributed by atoms with Crippen molar-refractivity contribution in [3.05, 3.63) is 27.2 Å². The van der Waals surface area contributed by atoms with Gasteiger partial charge in [-0.05, 0) is 24.3 Å². The van der Waals surface area contributed by atoms with Gasteiger partial charge in [-0.15, -0.1) is 11.3 Å². The number of rotatable bonds is 4. The van der Waals surface area contributed by atoms with Crippen molar-refractivity contribution in [2.24, 2.45) is 10.5 Å². The summed E-state index contributed by atoms with van der Waals surface area (Å²) >= 11 is 1.13. The number of carbonyl (C=O) groups is 2. The summed E-state index contributed by atoms with van der Waals surface area (Å²) in [5.41, 5.74) is 3.37. The van der Waals surface area contributed by atoms with Crippen molar-refractivity contribution < 1.29 is 9.59 Å². The molecule has 136 valence electrons. The van der Waals surface area contributed by atoms with Gasteiger partial charge in [0, 0.05) is 18.9 Å². The van der Waals surface area contributed by atoms with Gasteiger partial charge in [-0.3, -0.25) is 15.0 Å². The number of nitrogens with one attached hydrogen (secondary N) is 1. The molecule has 0 amide bonds. The van der Waals surface area contributed by atoms with Crippen LogP contribution in [0.3, 0.4) is 0 Å². The van der Waals surface area contributed by atoms with Crippen molar-refractivity contribution in [3.8, 4) is 18.2 Å². The van der Waals surface area contributed by atoms with Gasteiger partial charge in [0.1, 0.15) is 34.5 Å². The fourth-order valence-electron chi connectivity index (χ4n) is 2.96. The molecule has 1 heterocycles. The number of nitriles is 3. The molecule has 0 unspecified atom stereocenters. The number of allylic oxidation sites excluding steroid dienone is 2. The highest BCUT2D eigenvalue weighted by Gasteiger charge is 2.35. The highest BCUT2D eigenvalue weighted by Crippen LogP contribution is 2.43. The predicted molar refractivity (Wildman–Crippen MR) is 101 cm³/mol. The number of fused-ring (bicyclic) bond motifs is 1. The maximum Gasteiger partial charge on any atom is 0.180 e. The van der Waals surface area contributed by atoms with E-state index in [2.05, 4.69) is 16.6 Å². The van der Waals surface area contributed by atoms with E-state index in [0.717, 1.165) is 11.3 Å². The Morgan fingerprint density at radius 2 is 1.81 bits per heavy atom. The lowest BCUT2D eigenvalue weighted by molar-refractivity contribution is -0.111. The Morgan fingerprint density at radius 3 is 2.33 bits per heavy atom. The third kappa shape index (κ3) is 3.95. The molecular formula is C19H17N5O2S. The Labute approximate surface area is 161 Å². The first-order valence-electron chi connectivity index (χ1n) is 8.10. The number of ketones is 2. The minimum atomic E-state index is -0.431. The van der Waals surface area contributed by atoms with Gasteiger partial charge in [0.15, 0.2) is 11.6 Å². The van der Waals surface area contributed by atoms with Crippen molar-refractivity contribution in [1.82, 2.24) is 0 Å². The SMILES string of the molecule is CC(=O)/C(=N/Nc1sc2c(c1C#N)CC(C)(C)CC2=O)C(C)=C(C#N)C#N. The largest absolute Gasteiger partial charge is 0.293 e. The fraction of sp³-hybridized carbons (Fsp3) is 0.368. The van der Waals surface area contributed by atoms with Gasteiger partial charge in [-0.25, -0.2) is 0 Å². The van der Waals surface area contributed by atoms with Crippen molar-refractivity contribution in [1.29, 1.82) is 15.8 Å². The lowest BCUT2D eigenvalue weighted by Crippen LogP contribution is -2.26. The average Bonchev–Trinajstić information content (AvgIpc) is 2.92. The predicted octanol–water partition coefficient (Wildman–Crippen LogP) is 3.50. The molecular weight excluding hydrogens is 362 g/mol. The van der Waals surface area contributed by atoms with Gasteiger partial charge in [0.05, 0.1) is 10.4 Å². The van der Waals surface area contributed by atoms with E-state index in [1.165, 1.54) is 13.8 Å². The first kappa shape index (κ1) is 20.0. The van der Waals surface area contributed by atoms with Crippen LogP contribution in [-0.4, -0.2) is 17.3 Å². The molecule has 7 nitrogen and oxygen atoms in total. The van der Waals surface area contributed by atoms with Gasteiger partial charge in [0.2, 0.25) is 0 Å². The zero-order chi connectivity index (χ0) is 20.4. The second-order valence-electron chi connectivity index (χ2n) is 7.02. The van der Waals surface area contributed by atoms with Crippen molar-refractivity contribution in [2.75, 3.05) is 5.43 Å². The molecule has 0 fully saturated rings. The molecule has 0 saturated heterocycles.